The molecule has 0 radical (unpaired) electrons. The Morgan fingerprint density at radius 2 is 1.81 bits per heavy atom. The summed E-state index contributed by atoms with van der Waals surface area (Å²) in [6.07, 6.45) is 2.31. The lowest BCUT2D eigenvalue weighted by Gasteiger charge is -2.42. The van der Waals surface area contributed by atoms with Gasteiger partial charge in [-0.15, -0.1) is 0 Å². The molecule has 0 bridgehead atoms. The fraction of sp³-hybridized carbons (Fsp3) is 0.650. The highest BCUT2D eigenvalue weighted by Crippen LogP contribution is 2.48. The number of hydrogen-bond donors (Lipinski definition) is 0. The Hall–Kier alpha value is -1.18. The third-order valence-corrected chi connectivity index (χ3v) is 13.0. The van der Waals surface area contributed by atoms with Gasteiger partial charge >= 0.3 is 5.97 Å². The second-order valence-corrected chi connectivity index (χ2v) is 16.2. The highest BCUT2D eigenvalue weighted by molar-refractivity contribution is 7.92. The van der Waals surface area contributed by atoms with Crippen molar-refractivity contribution in [3.8, 4) is 0 Å². The van der Waals surface area contributed by atoms with E-state index in [1.54, 1.807) is 18.2 Å². The Morgan fingerprint density at radius 3 is 2.41 bits per heavy atom. The number of hydrogen-bond acceptors (Lipinski definition) is 5. The molecule has 1 spiro atoms. The Labute approximate surface area is 163 Å². The maximum Gasteiger partial charge on any atom is 0.325 e. The van der Waals surface area contributed by atoms with E-state index in [2.05, 4.69) is 33.9 Å². The molecule has 5 nitrogen and oxygen atoms in total. The van der Waals surface area contributed by atoms with Crippen molar-refractivity contribution < 1.29 is 22.4 Å². The number of rotatable bonds is 4. The van der Waals surface area contributed by atoms with E-state index in [0.29, 0.717) is 6.42 Å². The molecule has 1 saturated heterocycles. The van der Waals surface area contributed by atoms with Gasteiger partial charge in [0.1, 0.15) is 5.60 Å². The van der Waals surface area contributed by atoms with Gasteiger partial charge in [-0.05, 0) is 49.5 Å². The number of ether oxygens (including phenoxy) is 1. The first-order chi connectivity index (χ1) is 12.4. The number of carbonyl (C=O) groups is 1. The maximum absolute atomic E-state index is 13.0. The van der Waals surface area contributed by atoms with Crippen LogP contribution >= 0.6 is 0 Å². The molecule has 0 N–H and O–H groups in total. The molecular weight excluding hydrogens is 380 g/mol. The van der Waals surface area contributed by atoms with E-state index < -0.39 is 35.0 Å². The second-order valence-electron chi connectivity index (χ2n) is 9.30. The molecule has 150 valence electrons. The summed E-state index contributed by atoms with van der Waals surface area (Å²) < 4.78 is 38.4. The van der Waals surface area contributed by atoms with Crippen LogP contribution in [0.2, 0.25) is 18.1 Å². The summed E-state index contributed by atoms with van der Waals surface area (Å²) in [5.74, 6) is -0.635. The minimum absolute atomic E-state index is 0.0366. The van der Waals surface area contributed by atoms with Crippen LogP contribution in [0.3, 0.4) is 0 Å². The first kappa shape index (κ1) is 20.5. The zero-order valence-corrected chi connectivity index (χ0v) is 18.6. The summed E-state index contributed by atoms with van der Waals surface area (Å²) in [4.78, 5) is 12.8. The highest BCUT2D eigenvalue weighted by Gasteiger charge is 2.59. The van der Waals surface area contributed by atoms with Crippen molar-refractivity contribution in [3.63, 3.8) is 0 Å². The Balaban J connectivity index is 1.87. The Kier molecular flexibility index (Phi) is 5.10. The minimum Gasteiger partial charge on any atom is -0.455 e. The molecule has 1 aliphatic carbocycles. The van der Waals surface area contributed by atoms with E-state index in [1.807, 2.05) is 0 Å². The van der Waals surface area contributed by atoms with E-state index in [-0.39, 0.29) is 22.5 Å². The lowest BCUT2D eigenvalue weighted by molar-refractivity contribution is -0.154. The van der Waals surface area contributed by atoms with Gasteiger partial charge in [-0.2, -0.15) is 0 Å². The first-order valence-corrected chi connectivity index (χ1v) is 14.0. The Bertz CT molecular complexity index is 813. The lowest BCUT2D eigenvalue weighted by atomic mass is 9.96. The second kappa shape index (κ2) is 6.71. The molecule has 1 heterocycles. The molecule has 1 saturated carbocycles. The molecule has 0 aromatic heterocycles. The molecule has 3 atom stereocenters. The number of sulfone groups is 1. The van der Waals surface area contributed by atoms with Crippen molar-refractivity contribution in [2.24, 2.45) is 0 Å². The van der Waals surface area contributed by atoms with Crippen LogP contribution in [0.15, 0.2) is 35.2 Å². The smallest absolute Gasteiger partial charge is 0.325 e. The predicted octanol–water partition coefficient (Wildman–Crippen LogP) is 4.09. The van der Waals surface area contributed by atoms with E-state index in [0.717, 1.165) is 12.8 Å². The predicted molar refractivity (Wildman–Crippen MR) is 107 cm³/mol. The van der Waals surface area contributed by atoms with Crippen molar-refractivity contribution in [1.82, 2.24) is 0 Å². The molecule has 2 aliphatic rings. The zero-order valence-electron chi connectivity index (χ0n) is 16.8. The van der Waals surface area contributed by atoms with E-state index in [4.69, 9.17) is 9.16 Å². The molecular formula is C20H30O5SSi. The standard InChI is InChI=1S/C20H30O5SSi/c1-19(2,3)27(4,5)25-17-12-9-13-20(17)14-16(18(21)24-20)26(22,23)15-10-7-6-8-11-15/h6-8,10-11,16-17H,9,12-14H2,1-5H3/t16-,17+,20-/m1/s1. The summed E-state index contributed by atoms with van der Waals surface area (Å²) in [5, 5.41) is -1.11. The average molecular weight is 411 g/mol. The number of esters is 1. The number of carbonyl (C=O) groups excluding carboxylic acids is 1. The van der Waals surface area contributed by atoms with Crippen molar-refractivity contribution in [1.29, 1.82) is 0 Å². The quantitative estimate of drug-likeness (QED) is 0.552. The SMILES string of the molecule is CC(C)(C)[Si](C)(C)O[C@H]1CCC[C@@]12C[C@@H](S(=O)(=O)c1ccccc1)C(=O)O2. The Morgan fingerprint density at radius 1 is 1.19 bits per heavy atom. The largest absolute Gasteiger partial charge is 0.455 e. The van der Waals surface area contributed by atoms with Gasteiger partial charge in [-0.25, -0.2) is 8.42 Å². The molecule has 3 rings (SSSR count). The van der Waals surface area contributed by atoms with Crippen LogP contribution in [0.5, 0.6) is 0 Å². The summed E-state index contributed by atoms with van der Waals surface area (Å²) >= 11 is 0. The van der Waals surface area contributed by atoms with Gasteiger partial charge in [-0.1, -0.05) is 39.0 Å². The van der Waals surface area contributed by atoms with Crippen LogP contribution < -0.4 is 0 Å². The van der Waals surface area contributed by atoms with Gasteiger partial charge in [0.15, 0.2) is 23.4 Å². The van der Waals surface area contributed by atoms with Crippen molar-refractivity contribution >= 4 is 24.1 Å². The van der Waals surface area contributed by atoms with Crippen LogP contribution in [0.1, 0.15) is 46.5 Å². The average Bonchev–Trinajstić information content (AvgIpc) is 3.11. The summed E-state index contributed by atoms with van der Waals surface area (Å²) in [6.45, 7) is 10.9. The summed E-state index contributed by atoms with van der Waals surface area (Å²) in [6, 6.07) is 8.16. The highest BCUT2D eigenvalue weighted by atomic mass is 32.2. The topological polar surface area (TPSA) is 69.7 Å². The fourth-order valence-electron chi connectivity index (χ4n) is 3.78. The van der Waals surface area contributed by atoms with Gasteiger partial charge < -0.3 is 9.16 Å². The van der Waals surface area contributed by atoms with Gasteiger partial charge in [0.25, 0.3) is 0 Å². The maximum atomic E-state index is 13.0. The molecule has 7 heteroatoms. The van der Waals surface area contributed by atoms with E-state index in [1.165, 1.54) is 12.1 Å². The normalized spacial score (nSPS) is 29.3. The molecule has 27 heavy (non-hydrogen) atoms. The first-order valence-electron chi connectivity index (χ1n) is 9.59. The van der Waals surface area contributed by atoms with E-state index in [9.17, 15) is 13.2 Å². The van der Waals surface area contributed by atoms with Gasteiger partial charge in [0.05, 0.1) is 11.0 Å². The lowest BCUT2D eigenvalue weighted by Crippen LogP contribution is -2.50. The minimum atomic E-state index is -3.77. The summed E-state index contributed by atoms with van der Waals surface area (Å²) in [5.41, 5.74) is -0.806. The molecule has 0 unspecified atom stereocenters. The third kappa shape index (κ3) is 3.61. The summed E-state index contributed by atoms with van der Waals surface area (Å²) in [7, 11) is -5.82. The van der Waals surface area contributed by atoms with Crippen molar-refractivity contribution in [2.75, 3.05) is 0 Å². The van der Waals surface area contributed by atoms with Crippen molar-refractivity contribution in [2.45, 2.75) is 86.4 Å². The van der Waals surface area contributed by atoms with Crippen LogP contribution in [-0.2, 0) is 23.8 Å². The van der Waals surface area contributed by atoms with Crippen LogP contribution in [-0.4, -0.2) is 39.7 Å². The van der Waals surface area contributed by atoms with E-state index >= 15 is 0 Å². The molecule has 2 fully saturated rings. The van der Waals surface area contributed by atoms with Gasteiger partial charge in [0, 0.05) is 6.42 Å². The molecule has 0 amide bonds. The molecule has 1 aliphatic heterocycles. The van der Waals surface area contributed by atoms with Gasteiger partial charge in [-0.3, -0.25) is 4.79 Å². The molecule has 1 aromatic carbocycles. The van der Waals surface area contributed by atoms with Crippen LogP contribution in [0, 0.1) is 0 Å². The third-order valence-electron chi connectivity index (χ3n) is 6.44. The fourth-order valence-corrected chi connectivity index (χ4v) is 6.84. The number of benzene rings is 1. The van der Waals surface area contributed by atoms with Gasteiger partial charge in [0.2, 0.25) is 0 Å². The van der Waals surface area contributed by atoms with Crippen LogP contribution in [0.25, 0.3) is 0 Å². The van der Waals surface area contributed by atoms with Crippen LogP contribution in [0.4, 0.5) is 0 Å². The zero-order chi connectivity index (χ0) is 20.1. The van der Waals surface area contributed by atoms with Crippen molar-refractivity contribution in [3.05, 3.63) is 30.3 Å². The monoisotopic (exact) mass is 410 g/mol. The molecule has 1 aromatic rings.